The summed E-state index contributed by atoms with van der Waals surface area (Å²) in [4.78, 5) is 24.3. The van der Waals surface area contributed by atoms with Gasteiger partial charge in [-0.05, 0) is 55.2 Å². The molecule has 2 aromatic rings. The number of ether oxygens (including phenoxy) is 2. The first-order chi connectivity index (χ1) is 12.5. The summed E-state index contributed by atoms with van der Waals surface area (Å²) >= 11 is 0. The van der Waals surface area contributed by atoms with E-state index in [1.165, 1.54) is 12.7 Å². The summed E-state index contributed by atoms with van der Waals surface area (Å²) in [5, 5.41) is 2.85. The van der Waals surface area contributed by atoms with E-state index >= 15 is 0 Å². The molecule has 0 heterocycles. The van der Waals surface area contributed by atoms with Crippen molar-refractivity contribution in [3.8, 4) is 5.75 Å². The standard InChI is InChI=1S/C21H25NO4/c1-5-15-8-11-17(12-9-15)26-19(6-2)20(23)22-18-13-16(21(24)25-4)10-7-14(18)3/h7-13,19H,5-6H2,1-4H3,(H,22,23). The minimum Gasteiger partial charge on any atom is -0.481 e. The Hall–Kier alpha value is -2.82. The van der Waals surface area contributed by atoms with Gasteiger partial charge < -0.3 is 14.8 Å². The fraction of sp³-hybridized carbons (Fsp3) is 0.333. The Morgan fingerprint density at radius 2 is 1.77 bits per heavy atom. The normalized spacial score (nSPS) is 11.5. The first-order valence-electron chi connectivity index (χ1n) is 8.73. The molecule has 1 N–H and O–H groups in total. The van der Waals surface area contributed by atoms with Gasteiger partial charge in [0.05, 0.1) is 12.7 Å². The zero-order valence-electron chi connectivity index (χ0n) is 15.7. The lowest BCUT2D eigenvalue weighted by Crippen LogP contribution is -2.32. The molecule has 138 valence electrons. The van der Waals surface area contributed by atoms with Crippen LogP contribution in [0.4, 0.5) is 5.69 Å². The van der Waals surface area contributed by atoms with Crippen LogP contribution in [-0.4, -0.2) is 25.1 Å². The molecule has 0 bridgehead atoms. The van der Waals surface area contributed by atoms with Crippen molar-refractivity contribution in [3.63, 3.8) is 0 Å². The molecule has 0 aromatic heterocycles. The van der Waals surface area contributed by atoms with E-state index in [1.54, 1.807) is 18.2 Å². The third-order valence-corrected chi connectivity index (χ3v) is 4.19. The van der Waals surface area contributed by atoms with Crippen molar-refractivity contribution in [2.24, 2.45) is 0 Å². The Labute approximate surface area is 154 Å². The van der Waals surface area contributed by atoms with Crippen molar-refractivity contribution in [2.45, 2.75) is 39.7 Å². The lowest BCUT2D eigenvalue weighted by Gasteiger charge is -2.18. The van der Waals surface area contributed by atoms with Gasteiger partial charge in [-0.25, -0.2) is 4.79 Å². The van der Waals surface area contributed by atoms with Gasteiger partial charge in [0, 0.05) is 5.69 Å². The highest BCUT2D eigenvalue weighted by atomic mass is 16.5. The monoisotopic (exact) mass is 355 g/mol. The average molecular weight is 355 g/mol. The van der Waals surface area contributed by atoms with E-state index in [2.05, 4.69) is 12.2 Å². The largest absolute Gasteiger partial charge is 0.481 e. The number of rotatable bonds is 7. The Bertz CT molecular complexity index is 768. The van der Waals surface area contributed by atoms with Crippen molar-refractivity contribution in [3.05, 3.63) is 59.2 Å². The summed E-state index contributed by atoms with van der Waals surface area (Å²) < 4.78 is 10.6. The van der Waals surface area contributed by atoms with E-state index in [1.807, 2.05) is 38.1 Å². The van der Waals surface area contributed by atoms with E-state index in [4.69, 9.17) is 9.47 Å². The Morgan fingerprint density at radius 3 is 2.35 bits per heavy atom. The van der Waals surface area contributed by atoms with Gasteiger partial charge in [-0.2, -0.15) is 0 Å². The summed E-state index contributed by atoms with van der Waals surface area (Å²) in [6, 6.07) is 12.8. The molecule has 5 heteroatoms. The van der Waals surface area contributed by atoms with Crippen LogP contribution in [0.5, 0.6) is 5.75 Å². The topological polar surface area (TPSA) is 64.6 Å². The predicted molar refractivity (Wildman–Crippen MR) is 102 cm³/mol. The molecule has 1 unspecified atom stereocenters. The smallest absolute Gasteiger partial charge is 0.337 e. The fourth-order valence-electron chi connectivity index (χ4n) is 2.50. The van der Waals surface area contributed by atoms with E-state index in [0.717, 1.165) is 12.0 Å². The molecule has 0 aliphatic rings. The van der Waals surface area contributed by atoms with E-state index < -0.39 is 12.1 Å². The molecule has 0 aliphatic carbocycles. The third-order valence-electron chi connectivity index (χ3n) is 4.19. The zero-order valence-corrected chi connectivity index (χ0v) is 15.7. The number of aryl methyl sites for hydroxylation is 2. The van der Waals surface area contributed by atoms with Crippen LogP contribution in [0, 0.1) is 6.92 Å². The molecule has 2 aromatic carbocycles. The fourth-order valence-corrected chi connectivity index (χ4v) is 2.50. The Morgan fingerprint density at radius 1 is 1.08 bits per heavy atom. The molecular weight excluding hydrogens is 330 g/mol. The van der Waals surface area contributed by atoms with Crippen molar-refractivity contribution >= 4 is 17.6 Å². The number of hydrogen-bond donors (Lipinski definition) is 1. The maximum absolute atomic E-state index is 12.6. The highest BCUT2D eigenvalue weighted by molar-refractivity contribution is 5.97. The SMILES string of the molecule is CCc1ccc(OC(CC)C(=O)Nc2cc(C(=O)OC)ccc2C)cc1. The third kappa shape index (κ3) is 4.85. The molecule has 0 fully saturated rings. The van der Waals surface area contributed by atoms with Crippen LogP contribution in [0.2, 0.25) is 0 Å². The van der Waals surface area contributed by atoms with Gasteiger partial charge >= 0.3 is 5.97 Å². The van der Waals surface area contributed by atoms with Gasteiger partial charge in [-0.3, -0.25) is 4.79 Å². The number of hydrogen-bond acceptors (Lipinski definition) is 4. The summed E-state index contributed by atoms with van der Waals surface area (Å²) in [5.74, 6) is -0.0405. The lowest BCUT2D eigenvalue weighted by atomic mass is 10.1. The van der Waals surface area contributed by atoms with E-state index in [0.29, 0.717) is 23.4 Å². The molecule has 0 spiro atoms. The highest BCUT2D eigenvalue weighted by Gasteiger charge is 2.20. The second-order valence-corrected chi connectivity index (χ2v) is 6.02. The number of benzene rings is 2. The minimum absolute atomic E-state index is 0.253. The molecule has 1 atom stereocenters. The molecule has 1 amide bonds. The number of esters is 1. The van der Waals surface area contributed by atoms with Crippen LogP contribution in [0.15, 0.2) is 42.5 Å². The number of amides is 1. The first-order valence-corrected chi connectivity index (χ1v) is 8.73. The second kappa shape index (κ2) is 9.04. The van der Waals surface area contributed by atoms with Gasteiger partial charge in [-0.15, -0.1) is 0 Å². The molecule has 0 saturated carbocycles. The van der Waals surface area contributed by atoms with Crippen molar-refractivity contribution in [2.75, 3.05) is 12.4 Å². The Kier molecular flexibility index (Phi) is 6.78. The van der Waals surface area contributed by atoms with Crippen LogP contribution >= 0.6 is 0 Å². The number of anilines is 1. The number of methoxy groups -OCH3 is 1. The van der Waals surface area contributed by atoms with Crippen molar-refractivity contribution in [1.82, 2.24) is 0 Å². The first kappa shape index (κ1) is 19.5. The number of nitrogens with one attached hydrogen (secondary N) is 1. The Balaban J connectivity index is 2.12. The van der Waals surface area contributed by atoms with Gasteiger partial charge in [0.25, 0.3) is 5.91 Å². The van der Waals surface area contributed by atoms with Gasteiger partial charge in [0.2, 0.25) is 0 Å². The maximum Gasteiger partial charge on any atom is 0.337 e. The molecule has 2 rings (SSSR count). The van der Waals surface area contributed by atoms with Crippen molar-refractivity contribution in [1.29, 1.82) is 0 Å². The summed E-state index contributed by atoms with van der Waals surface area (Å²) in [6.07, 6.45) is 0.855. The van der Waals surface area contributed by atoms with Crippen LogP contribution in [-0.2, 0) is 16.0 Å². The molecule has 0 radical (unpaired) electrons. The number of carbonyl (C=O) groups is 2. The zero-order chi connectivity index (χ0) is 19.1. The summed E-state index contributed by atoms with van der Waals surface area (Å²) in [5.41, 5.74) is 3.03. The second-order valence-electron chi connectivity index (χ2n) is 6.02. The van der Waals surface area contributed by atoms with Crippen LogP contribution < -0.4 is 10.1 Å². The quantitative estimate of drug-likeness (QED) is 0.758. The van der Waals surface area contributed by atoms with Crippen LogP contribution in [0.1, 0.15) is 41.8 Å². The summed E-state index contributed by atoms with van der Waals surface area (Å²) in [7, 11) is 1.32. The van der Waals surface area contributed by atoms with Crippen LogP contribution in [0.3, 0.4) is 0 Å². The molecule has 0 saturated heterocycles. The maximum atomic E-state index is 12.6. The molecule has 26 heavy (non-hydrogen) atoms. The van der Waals surface area contributed by atoms with Gasteiger partial charge in [0.1, 0.15) is 5.75 Å². The van der Waals surface area contributed by atoms with E-state index in [9.17, 15) is 9.59 Å². The average Bonchev–Trinajstić information content (AvgIpc) is 2.67. The molecule has 0 aliphatic heterocycles. The molecule has 5 nitrogen and oxygen atoms in total. The van der Waals surface area contributed by atoms with Crippen molar-refractivity contribution < 1.29 is 19.1 Å². The highest BCUT2D eigenvalue weighted by Crippen LogP contribution is 2.20. The van der Waals surface area contributed by atoms with Crippen LogP contribution in [0.25, 0.3) is 0 Å². The molecular formula is C21H25NO4. The van der Waals surface area contributed by atoms with Gasteiger partial charge in [0.15, 0.2) is 6.10 Å². The predicted octanol–water partition coefficient (Wildman–Crippen LogP) is 4.14. The minimum atomic E-state index is -0.622. The summed E-state index contributed by atoms with van der Waals surface area (Å²) in [6.45, 7) is 5.84. The van der Waals surface area contributed by atoms with E-state index in [-0.39, 0.29) is 5.91 Å². The van der Waals surface area contributed by atoms with Gasteiger partial charge in [-0.1, -0.05) is 32.0 Å². The lowest BCUT2D eigenvalue weighted by molar-refractivity contribution is -0.122. The number of carbonyl (C=O) groups excluding carboxylic acids is 2.